The zero-order valence-electron chi connectivity index (χ0n) is 14.7. The van der Waals surface area contributed by atoms with Gasteiger partial charge in [0.05, 0.1) is 6.04 Å². The number of benzene rings is 2. The Labute approximate surface area is 156 Å². The van der Waals surface area contributed by atoms with Crippen molar-refractivity contribution in [1.29, 1.82) is 0 Å². The fourth-order valence-electron chi connectivity index (χ4n) is 4.61. The van der Waals surface area contributed by atoms with Crippen LogP contribution in [0.3, 0.4) is 0 Å². The molecule has 2 heterocycles. The van der Waals surface area contributed by atoms with Gasteiger partial charge in [-0.25, -0.2) is 0 Å². The SMILES string of the molecule is CC(NC(=O)CC1CC2CCC(C1)N2)c1cccc2ccccc12.Cl. The third-order valence-electron chi connectivity index (χ3n) is 5.71. The molecular formula is C21H27ClN2O. The maximum absolute atomic E-state index is 12.5. The molecule has 0 saturated carbocycles. The van der Waals surface area contributed by atoms with Gasteiger partial charge in [-0.1, -0.05) is 42.5 Å². The number of carbonyl (C=O) groups excluding carboxylic acids is 1. The zero-order valence-corrected chi connectivity index (χ0v) is 15.5. The number of fused-ring (bicyclic) bond motifs is 3. The largest absolute Gasteiger partial charge is 0.350 e. The molecule has 4 heteroatoms. The van der Waals surface area contributed by atoms with Gasteiger partial charge >= 0.3 is 0 Å². The van der Waals surface area contributed by atoms with Crippen molar-refractivity contribution in [3.63, 3.8) is 0 Å². The summed E-state index contributed by atoms with van der Waals surface area (Å²) in [5.41, 5.74) is 1.20. The van der Waals surface area contributed by atoms with Crippen molar-refractivity contribution >= 4 is 29.1 Å². The second kappa shape index (κ2) is 7.76. The molecule has 2 saturated heterocycles. The van der Waals surface area contributed by atoms with Gasteiger partial charge in [0, 0.05) is 18.5 Å². The molecule has 2 fully saturated rings. The van der Waals surface area contributed by atoms with Gasteiger partial charge < -0.3 is 10.6 Å². The number of carbonyl (C=O) groups is 1. The first kappa shape index (κ1) is 18.2. The Bertz CT molecular complexity index is 730. The van der Waals surface area contributed by atoms with Gasteiger partial charge in [0.2, 0.25) is 5.91 Å². The zero-order chi connectivity index (χ0) is 16.5. The molecular weight excluding hydrogens is 332 g/mol. The summed E-state index contributed by atoms with van der Waals surface area (Å²) in [6, 6.07) is 16.0. The van der Waals surface area contributed by atoms with Crippen molar-refractivity contribution in [3.8, 4) is 0 Å². The third kappa shape index (κ3) is 3.99. The maximum atomic E-state index is 12.5. The Morgan fingerprint density at radius 3 is 2.56 bits per heavy atom. The lowest BCUT2D eigenvalue weighted by atomic mass is 9.89. The summed E-state index contributed by atoms with van der Waals surface area (Å²) in [5.74, 6) is 0.741. The topological polar surface area (TPSA) is 41.1 Å². The van der Waals surface area contributed by atoms with Crippen LogP contribution < -0.4 is 10.6 Å². The number of hydrogen-bond acceptors (Lipinski definition) is 2. The molecule has 0 spiro atoms. The molecule has 0 radical (unpaired) electrons. The quantitative estimate of drug-likeness (QED) is 0.852. The predicted octanol–water partition coefficient (Wildman–Crippen LogP) is 4.36. The van der Waals surface area contributed by atoms with Gasteiger partial charge in [-0.3, -0.25) is 4.79 Å². The Morgan fingerprint density at radius 2 is 1.80 bits per heavy atom. The van der Waals surface area contributed by atoms with Gasteiger partial charge in [-0.2, -0.15) is 0 Å². The molecule has 134 valence electrons. The van der Waals surface area contributed by atoms with Gasteiger partial charge in [-0.05, 0) is 54.9 Å². The van der Waals surface area contributed by atoms with Crippen LogP contribution in [0.1, 0.15) is 50.6 Å². The molecule has 2 aliphatic heterocycles. The van der Waals surface area contributed by atoms with Crippen molar-refractivity contribution < 1.29 is 4.79 Å². The van der Waals surface area contributed by atoms with Gasteiger partial charge in [0.1, 0.15) is 0 Å². The minimum Gasteiger partial charge on any atom is -0.350 e. The second-order valence-electron chi connectivity index (χ2n) is 7.54. The number of rotatable bonds is 4. The molecule has 2 bridgehead atoms. The summed E-state index contributed by atoms with van der Waals surface area (Å²) < 4.78 is 0. The van der Waals surface area contributed by atoms with E-state index in [4.69, 9.17) is 0 Å². The third-order valence-corrected chi connectivity index (χ3v) is 5.71. The standard InChI is InChI=1S/C21H26N2O.ClH/c1-14(19-8-4-6-16-5-2-3-7-20(16)19)22-21(24)13-15-11-17-9-10-18(12-15)23-17;/h2-8,14-15,17-18,23H,9-13H2,1H3,(H,22,24);1H. The highest BCUT2D eigenvalue weighted by atomic mass is 35.5. The molecule has 2 N–H and O–H groups in total. The van der Waals surface area contributed by atoms with Crippen LogP contribution in [-0.2, 0) is 4.79 Å². The molecule has 3 nitrogen and oxygen atoms in total. The molecule has 2 aromatic carbocycles. The van der Waals surface area contributed by atoms with E-state index < -0.39 is 0 Å². The lowest BCUT2D eigenvalue weighted by Gasteiger charge is -2.29. The number of nitrogens with one attached hydrogen (secondary N) is 2. The molecule has 0 aliphatic carbocycles. The van der Waals surface area contributed by atoms with Crippen molar-refractivity contribution in [2.24, 2.45) is 5.92 Å². The van der Waals surface area contributed by atoms with Crippen LogP contribution in [0, 0.1) is 5.92 Å². The first-order chi connectivity index (χ1) is 11.7. The Kier molecular flexibility index (Phi) is 5.65. The summed E-state index contributed by atoms with van der Waals surface area (Å²) in [7, 11) is 0. The summed E-state index contributed by atoms with van der Waals surface area (Å²) in [4.78, 5) is 12.5. The average Bonchev–Trinajstić information content (AvgIpc) is 2.92. The van der Waals surface area contributed by atoms with Crippen molar-refractivity contribution in [2.75, 3.05) is 0 Å². The normalized spacial score (nSPS) is 26.0. The Hall–Kier alpha value is -1.58. The van der Waals surface area contributed by atoms with Crippen molar-refractivity contribution in [3.05, 3.63) is 48.0 Å². The average molecular weight is 359 g/mol. The van der Waals surface area contributed by atoms with Crippen LogP contribution in [0.4, 0.5) is 0 Å². The minimum atomic E-state index is 0. The molecule has 25 heavy (non-hydrogen) atoms. The van der Waals surface area contributed by atoms with Crippen LogP contribution in [0.15, 0.2) is 42.5 Å². The van der Waals surface area contributed by atoms with Crippen LogP contribution in [0.25, 0.3) is 10.8 Å². The molecule has 0 aromatic heterocycles. The molecule has 3 unspecified atom stereocenters. The molecule has 2 aromatic rings. The van der Waals surface area contributed by atoms with Crippen LogP contribution in [-0.4, -0.2) is 18.0 Å². The highest BCUT2D eigenvalue weighted by Gasteiger charge is 2.34. The van der Waals surface area contributed by atoms with Gasteiger partial charge in [0.15, 0.2) is 0 Å². The molecule has 4 rings (SSSR count). The summed E-state index contributed by atoms with van der Waals surface area (Å²) in [6.45, 7) is 2.09. The Morgan fingerprint density at radius 1 is 1.12 bits per heavy atom. The van der Waals surface area contributed by atoms with Crippen LogP contribution in [0.2, 0.25) is 0 Å². The lowest BCUT2D eigenvalue weighted by Crippen LogP contribution is -2.40. The molecule has 3 atom stereocenters. The number of hydrogen-bond donors (Lipinski definition) is 2. The van der Waals surface area contributed by atoms with Gasteiger partial charge in [0.25, 0.3) is 0 Å². The maximum Gasteiger partial charge on any atom is 0.220 e. The van der Waals surface area contributed by atoms with Crippen molar-refractivity contribution in [2.45, 2.75) is 57.2 Å². The van der Waals surface area contributed by atoms with E-state index in [2.05, 4.69) is 60.0 Å². The first-order valence-electron chi connectivity index (χ1n) is 9.22. The van der Waals surface area contributed by atoms with E-state index in [1.54, 1.807) is 0 Å². The van der Waals surface area contributed by atoms with Crippen LogP contribution in [0.5, 0.6) is 0 Å². The number of piperidine rings is 1. The minimum absolute atomic E-state index is 0. The van der Waals surface area contributed by atoms with E-state index in [1.165, 1.54) is 29.2 Å². The van der Waals surface area contributed by atoms with E-state index in [0.717, 1.165) is 12.8 Å². The first-order valence-corrected chi connectivity index (χ1v) is 9.22. The number of halogens is 1. The highest BCUT2D eigenvalue weighted by molar-refractivity contribution is 5.87. The lowest BCUT2D eigenvalue weighted by molar-refractivity contribution is -0.122. The fraction of sp³-hybridized carbons (Fsp3) is 0.476. The van der Waals surface area contributed by atoms with E-state index in [9.17, 15) is 4.79 Å². The van der Waals surface area contributed by atoms with E-state index in [1.807, 2.05) is 0 Å². The van der Waals surface area contributed by atoms with Crippen molar-refractivity contribution in [1.82, 2.24) is 10.6 Å². The van der Waals surface area contributed by atoms with E-state index >= 15 is 0 Å². The summed E-state index contributed by atoms with van der Waals surface area (Å²) >= 11 is 0. The molecule has 2 aliphatic rings. The van der Waals surface area contributed by atoms with Gasteiger partial charge in [-0.15, -0.1) is 12.4 Å². The smallest absolute Gasteiger partial charge is 0.220 e. The molecule has 1 amide bonds. The van der Waals surface area contributed by atoms with E-state index in [0.29, 0.717) is 24.4 Å². The Balaban J connectivity index is 0.00000182. The van der Waals surface area contributed by atoms with Crippen LogP contribution >= 0.6 is 12.4 Å². The highest BCUT2D eigenvalue weighted by Crippen LogP contribution is 2.33. The fourth-order valence-corrected chi connectivity index (χ4v) is 4.61. The van der Waals surface area contributed by atoms with E-state index in [-0.39, 0.29) is 24.4 Å². The summed E-state index contributed by atoms with van der Waals surface area (Å²) in [6.07, 6.45) is 5.56. The predicted molar refractivity (Wildman–Crippen MR) is 105 cm³/mol. The second-order valence-corrected chi connectivity index (χ2v) is 7.54. The summed E-state index contributed by atoms with van der Waals surface area (Å²) in [5, 5.41) is 9.33. The monoisotopic (exact) mass is 358 g/mol. The number of amides is 1.